The first-order valence-corrected chi connectivity index (χ1v) is 7.28. The Morgan fingerprint density at radius 1 is 1.56 bits per heavy atom. The topological polar surface area (TPSA) is 87.3 Å². The van der Waals surface area contributed by atoms with Crippen molar-refractivity contribution in [3.63, 3.8) is 0 Å². The Hall–Kier alpha value is -1.05. The summed E-state index contributed by atoms with van der Waals surface area (Å²) in [6, 6.07) is 1.97. The summed E-state index contributed by atoms with van der Waals surface area (Å²) in [5.41, 5.74) is 2.56. The van der Waals surface area contributed by atoms with E-state index < -0.39 is 0 Å². The van der Waals surface area contributed by atoms with Crippen molar-refractivity contribution in [1.82, 2.24) is 9.97 Å². The minimum atomic E-state index is 0.147. The van der Waals surface area contributed by atoms with Crippen LogP contribution in [0.2, 0.25) is 0 Å². The number of thioether (sulfide) groups is 1. The van der Waals surface area contributed by atoms with Crippen LogP contribution < -0.4 is 16.2 Å². The number of aliphatic hydroxyl groups is 1. The van der Waals surface area contributed by atoms with Gasteiger partial charge in [-0.2, -0.15) is 0 Å². The minimum absolute atomic E-state index is 0.147. The molecule has 1 aliphatic rings. The number of piperidine rings is 1. The van der Waals surface area contributed by atoms with Gasteiger partial charge in [-0.05, 0) is 25.5 Å². The highest BCUT2D eigenvalue weighted by molar-refractivity contribution is 7.98. The highest BCUT2D eigenvalue weighted by Gasteiger charge is 2.23. The highest BCUT2D eigenvalue weighted by atomic mass is 32.2. The van der Waals surface area contributed by atoms with Crippen molar-refractivity contribution in [2.45, 2.75) is 30.5 Å². The third-order valence-electron chi connectivity index (χ3n) is 3.15. The molecule has 6 nitrogen and oxygen atoms in total. The third-order valence-corrected chi connectivity index (χ3v) is 3.70. The predicted octanol–water partition coefficient (Wildman–Crippen LogP) is 0.835. The first-order valence-electron chi connectivity index (χ1n) is 6.05. The molecule has 1 saturated heterocycles. The van der Waals surface area contributed by atoms with Crippen LogP contribution in [0.5, 0.6) is 0 Å². The van der Waals surface area contributed by atoms with Crippen LogP contribution in [0.3, 0.4) is 0 Å². The molecule has 1 aromatic rings. The van der Waals surface area contributed by atoms with E-state index in [1.807, 2.05) is 12.3 Å². The van der Waals surface area contributed by atoms with Crippen LogP contribution in [0.4, 0.5) is 11.6 Å². The maximum atomic E-state index is 9.45. The molecule has 18 heavy (non-hydrogen) atoms. The van der Waals surface area contributed by atoms with Crippen molar-refractivity contribution < 1.29 is 5.11 Å². The zero-order valence-corrected chi connectivity index (χ0v) is 11.3. The van der Waals surface area contributed by atoms with Crippen LogP contribution in [0, 0.1) is 0 Å². The standard InChI is InChI=1S/C11H19N5OS/c1-18-11-13-9(15-12)6-10(14-11)16-5-3-2-4-8(16)7-17/h6,8,17H,2-5,7,12H2,1H3,(H,13,14,15). The smallest absolute Gasteiger partial charge is 0.191 e. The summed E-state index contributed by atoms with van der Waals surface area (Å²) in [4.78, 5) is 10.9. The van der Waals surface area contributed by atoms with Crippen LogP contribution in [0.25, 0.3) is 0 Å². The van der Waals surface area contributed by atoms with Crippen LogP contribution >= 0.6 is 11.8 Å². The molecule has 0 radical (unpaired) electrons. The quantitative estimate of drug-likeness (QED) is 0.323. The fraction of sp³-hybridized carbons (Fsp3) is 0.636. The molecule has 1 aromatic heterocycles. The van der Waals surface area contributed by atoms with Crippen LogP contribution in [0.1, 0.15) is 19.3 Å². The number of nitrogens with two attached hydrogens (primary N) is 1. The predicted molar refractivity (Wildman–Crippen MR) is 73.7 cm³/mol. The average molecular weight is 269 g/mol. The SMILES string of the molecule is CSc1nc(NN)cc(N2CCCCC2CO)n1. The molecule has 0 bridgehead atoms. The van der Waals surface area contributed by atoms with Gasteiger partial charge in [0.05, 0.1) is 12.6 Å². The molecule has 2 heterocycles. The normalized spacial score (nSPS) is 19.9. The lowest BCUT2D eigenvalue weighted by Gasteiger charge is -2.35. The Morgan fingerprint density at radius 2 is 2.39 bits per heavy atom. The van der Waals surface area contributed by atoms with Gasteiger partial charge in [0.2, 0.25) is 0 Å². The number of aromatic nitrogens is 2. The molecule has 0 saturated carbocycles. The third kappa shape index (κ3) is 2.85. The monoisotopic (exact) mass is 269 g/mol. The molecule has 7 heteroatoms. The average Bonchev–Trinajstić information content (AvgIpc) is 2.46. The summed E-state index contributed by atoms with van der Waals surface area (Å²) in [5, 5.41) is 10.1. The van der Waals surface area contributed by atoms with Crippen molar-refractivity contribution >= 4 is 23.4 Å². The molecule has 1 unspecified atom stereocenters. The molecule has 1 fully saturated rings. The summed E-state index contributed by atoms with van der Waals surface area (Å²) in [5.74, 6) is 6.86. The van der Waals surface area contributed by atoms with E-state index in [9.17, 15) is 5.11 Å². The van der Waals surface area contributed by atoms with Crippen molar-refractivity contribution in [2.24, 2.45) is 5.84 Å². The van der Waals surface area contributed by atoms with Crippen molar-refractivity contribution in [2.75, 3.05) is 29.7 Å². The second-order valence-electron chi connectivity index (χ2n) is 4.27. The maximum Gasteiger partial charge on any atom is 0.191 e. The fourth-order valence-electron chi connectivity index (χ4n) is 2.22. The number of hydrogen-bond acceptors (Lipinski definition) is 7. The molecule has 1 aliphatic heterocycles. The molecule has 2 rings (SSSR count). The summed E-state index contributed by atoms with van der Waals surface area (Å²) >= 11 is 1.48. The van der Waals surface area contributed by atoms with Crippen molar-refractivity contribution in [3.05, 3.63) is 6.07 Å². The van der Waals surface area contributed by atoms with Gasteiger partial charge in [-0.1, -0.05) is 11.8 Å². The lowest BCUT2D eigenvalue weighted by Crippen LogP contribution is -2.42. The Kier molecular flexibility index (Phi) is 4.62. The Labute approximate surface area is 111 Å². The molecule has 0 aromatic carbocycles. The van der Waals surface area contributed by atoms with E-state index in [1.54, 1.807) is 0 Å². The second kappa shape index (κ2) is 6.21. The van der Waals surface area contributed by atoms with Crippen molar-refractivity contribution in [1.29, 1.82) is 0 Å². The maximum absolute atomic E-state index is 9.45. The number of aliphatic hydroxyl groups excluding tert-OH is 1. The van der Waals surface area contributed by atoms with Gasteiger partial charge in [0.25, 0.3) is 0 Å². The van der Waals surface area contributed by atoms with Crippen LogP contribution in [-0.2, 0) is 0 Å². The number of rotatable bonds is 4. The fourth-order valence-corrected chi connectivity index (χ4v) is 2.59. The van der Waals surface area contributed by atoms with Gasteiger partial charge >= 0.3 is 0 Å². The van der Waals surface area contributed by atoms with E-state index in [2.05, 4.69) is 20.3 Å². The Bertz CT molecular complexity index is 381. The zero-order chi connectivity index (χ0) is 13.0. The molecular formula is C11H19N5OS. The Balaban J connectivity index is 2.29. The lowest BCUT2D eigenvalue weighted by molar-refractivity contribution is 0.239. The first kappa shape index (κ1) is 13.4. The van der Waals surface area contributed by atoms with Crippen LogP contribution in [-0.4, -0.2) is 40.5 Å². The second-order valence-corrected chi connectivity index (χ2v) is 5.04. The van der Waals surface area contributed by atoms with E-state index in [0.29, 0.717) is 11.0 Å². The van der Waals surface area contributed by atoms with E-state index >= 15 is 0 Å². The molecule has 1 atom stereocenters. The van der Waals surface area contributed by atoms with Gasteiger partial charge in [0.1, 0.15) is 11.6 Å². The van der Waals surface area contributed by atoms with Gasteiger partial charge in [-0.3, -0.25) is 0 Å². The van der Waals surface area contributed by atoms with Crippen molar-refractivity contribution in [3.8, 4) is 0 Å². The van der Waals surface area contributed by atoms with E-state index in [4.69, 9.17) is 5.84 Å². The number of anilines is 2. The number of hydrazine groups is 1. The summed E-state index contributed by atoms with van der Waals surface area (Å²) < 4.78 is 0. The van der Waals surface area contributed by atoms with E-state index in [1.165, 1.54) is 11.8 Å². The summed E-state index contributed by atoms with van der Waals surface area (Å²) in [6.07, 6.45) is 5.21. The molecular weight excluding hydrogens is 250 g/mol. The minimum Gasteiger partial charge on any atom is -0.394 e. The molecule has 100 valence electrons. The molecule has 0 spiro atoms. The highest BCUT2D eigenvalue weighted by Crippen LogP contribution is 2.26. The van der Waals surface area contributed by atoms with Crippen LogP contribution in [0.15, 0.2) is 11.2 Å². The van der Waals surface area contributed by atoms with Gasteiger partial charge in [0.15, 0.2) is 5.16 Å². The summed E-state index contributed by atoms with van der Waals surface area (Å²) in [6.45, 7) is 1.07. The summed E-state index contributed by atoms with van der Waals surface area (Å²) in [7, 11) is 0. The number of nitrogen functional groups attached to an aromatic ring is 1. The van der Waals surface area contributed by atoms with E-state index in [-0.39, 0.29) is 12.6 Å². The van der Waals surface area contributed by atoms with Gasteiger partial charge in [-0.25, -0.2) is 15.8 Å². The molecule has 0 amide bonds. The van der Waals surface area contributed by atoms with Gasteiger partial charge < -0.3 is 15.4 Å². The first-order chi connectivity index (χ1) is 8.78. The number of nitrogens with one attached hydrogen (secondary N) is 1. The number of nitrogens with zero attached hydrogens (tertiary/aromatic N) is 3. The Morgan fingerprint density at radius 3 is 3.06 bits per heavy atom. The largest absolute Gasteiger partial charge is 0.394 e. The van der Waals surface area contributed by atoms with E-state index in [0.717, 1.165) is 31.6 Å². The van der Waals surface area contributed by atoms with Gasteiger partial charge in [-0.15, -0.1) is 0 Å². The molecule has 0 aliphatic carbocycles. The zero-order valence-electron chi connectivity index (χ0n) is 10.5. The molecule has 4 N–H and O–H groups in total. The number of hydrogen-bond donors (Lipinski definition) is 3. The van der Waals surface area contributed by atoms with Gasteiger partial charge in [0, 0.05) is 12.6 Å². The lowest BCUT2D eigenvalue weighted by atomic mass is 10.0.